The second kappa shape index (κ2) is 8.08. The number of ketones is 1. The van der Waals surface area contributed by atoms with Crippen molar-refractivity contribution in [3.05, 3.63) is 70.3 Å². The number of ether oxygens (including phenoxy) is 1. The molecule has 0 spiro atoms. The van der Waals surface area contributed by atoms with E-state index >= 15 is 0 Å². The number of carbonyl (C=O) groups is 2. The summed E-state index contributed by atoms with van der Waals surface area (Å²) in [4.78, 5) is 26.2. The summed E-state index contributed by atoms with van der Waals surface area (Å²) in [6.07, 6.45) is -0.276. The molecule has 27 heavy (non-hydrogen) atoms. The summed E-state index contributed by atoms with van der Waals surface area (Å²) in [5, 5.41) is 0. The van der Waals surface area contributed by atoms with E-state index in [1.165, 1.54) is 5.56 Å². The fraction of sp³-hybridized carbons (Fsp3) is 0.417. The SMILES string of the molecule is Cc1cc(C(C)(C)C)cc(C)c1C(=O)C(C(=O)OC(C)C)c1ccccc1. The van der Waals surface area contributed by atoms with Crippen LogP contribution in [0.2, 0.25) is 0 Å². The molecule has 0 aromatic heterocycles. The number of hydrogen-bond acceptors (Lipinski definition) is 3. The highest BCUT2D eigenvalue weighted by Gasteiger charge is 2.33. The molecule has 0 bridgehead atoms. The number of Topliss-reactive ketones (excluding diaryl/α,β-unsaturated/α-hetero) is 1. The van der Waals surface area contributed by atoms with Crippen LogP contribution < -0.4 is 0 Å². The van der Waals surface area contributed by atoms with E-state index in [1.807, 2.05) is 32.0 Å². The summed E-state index contributed by atoms with van der Waals surface area (Å²) < 4.78 is 5.41. The van der Waals surface area contributed by atoms with E-state index in [0.717, 1.165) is 11.1 Å². The molecule has 0 N–H and O–H groups in total. The van der Waals surface area contributed by atoms with Crippen LogP contribution in [0.25, 0.3) is 0 Å². The van der Waals surface area contributed by atoms with Crippen LogP contribution in [0.15, 0.2) is 42.5 Å². The maximum absolute atomic E-state index is 13.5. The van der Waals surface area contributed by atoms with E-state index in [0.29, 0.717) is 11.1 Å². The van der Waals surface area contributed by atoms with E-state index < -0.39 is 11.9 Å². The molecule has 0 aliphatic heterocycles. The van der Waals surface area contributed by atoms with Crippen molar-refractivity contribution >= 4 is 11.8 Å². The van der Waals surface area contributed by atoms with E-state index in [-0.39, 0.29) is 17.3 Å². The third-order valence-corrected chi connectivity index (χ3v) is 4.63. The van der Waals surface area contributed by atoms with E-state index in [4.69, 9.17) is 4.74 Å². The first-order valence-electron chi connectivity index (χ1n) is 9.43. The highest BCUT2D eigenvalue weighted by molar-refractivity contribution is 6.14. The molecule has 0 aliphatic carbocycles. The van der Waals surface area contributed by atoms with Crippen molar-refractivity contribution < 1.29 is 14.3 Å². The van der Waals surface area contributed by atoms with Crippen LogP contribution in [0.5, 0.6) is 0 Å². The van der Waals surface area contributed by atoms with Crippen LogP contribution in [0.4, 0.5) is 0 Å². The Bertz CT molecular complexity index is 803. The average Bonchev–Trinajstić information content (AvgIpc) is 2.53. The Balaban J connectivity index is 2.55. The normalized spacial score (nSPS) is 12.7. The van der Waals surface area contributed by atoms with Crippen molar-refractivity contribution in [1.29, 1.82) is 0 Å². The predicted molar refractivity (Wildman–Crippen MR) is 109 cm³/mol. The first-order chi connectivity index (χ1) is 12.5. The Morgan fingerprint density at radius 3 is 1.89 bits per heavy atom. The molecule has 0 heterocycles. The molecule has 1 atom stereocenters. The van der Waals surface area contributed by atoms with Crippen molar-refractivity contribution in [2.24, 2.45) is 0 Å². The molecule has 1 unspecified atom stereocenters. The van der Waals surface area contributed by atoms with Crippen molar-refractivity contribution in [1.82, 2.24) is 0 Å². The van der Waals surface area contributed by atoms with Gasteiger partial charge in [-0.25, -0.2) is 0 Å². The Kier molecular flexibility index (Phi) is 6.25. The molecule has 3 heteroatoms. The molecule has 2 rings (SSSR count). The lowest BCUT2D eigenvalue weighted by molar-refractivity contribution is -0.147. The van der Waals surface area contributed by atoms with Crippen molar-refractivity contribution in [3.63, 3.8) is 0 Å². The minimum absolute atomic E-state index is 0.00744. The molecule has 2 aromatic carbocycles. The zero-order valence-electron chi connectivity index (χ0n) is 17.4. The third kappa shape index (κ3) is 4.85. The quantitative estimate of drug-likeness (QED) is 0.397. The number of hydrogen-bond donors (Lipinski definition) is 0. The van der Waals surface area contributed by atoms with E-state index in [2.05, 4.69) is 32.9 Å². The molecular weight excluding hydrogens is 336 g/mol. The van der Waals surface area contributed by atoms with Gasteiger partial charge in [0.05, 0.1) is 6.10 Å². The number of rotatable bonds is 5. The van der Waals surface area contributed by atoms with Gasteiger partial charge in [0, 0.05) is 5.56 Å². The topological polar surface area (TPSA) is 43.4 Å². The van der Waals surface area contributed by atoms with Gasteiger partial charge in [0.15, 0.2) is 5.78 Å². The van der Waals surface area contributed by atoms with E-state index in [1.54, 1.807) is 26.0 Å². The van der Waals surface area contributed by atoms with Gasteiger partial charge in [0.1, 0.15) is 5.92 Å². The molecule has 0 fully saturated rings. The van der Waals surface area contributed by atoms with Crippen LogP contribution in [-0.4, -0.2) is 17.9 Å². The molecule has 3 nitrogen and oxygen atoms in total. The lowest BCUT2D eigenvalue weighted by Crippen LogP contribution is -2.27. The summed E-state index contributed by atoms with van der Waals surface area (Å²) in [5.74, 6) is -1.66. The number of aryl methyl sites for hydroxylation is 2. The Hall–Kier alpha value is -2.42. The van der Waals surface area contributed by atoms with Gasteiger partial charge < -0.3 is 4.74 Å². The molecule has 0 radical (unpaired) electrons. The van der Waals surface area contributed by atoms with Gasteiger partial charge in [0.2, 0.25) is 0 Å². The molecule has 0 aliphatic rings. The van der Waals surface area contributed by atoms with Gasteiger partial charge in [-0.05, 0) is 55.4 Å². The number of benzene rings is 2. The highest BCUT2D eigenvalue weighted by atomic mass is 16.5. The first kappa shape index (κ1) is 20.9. The molecule has 144 valence electrons. The van der Waals surface area contributed by atoms with Gasteiger partial charge in [0.25, 0.3) is 0 Å². The predicted octanol–water partition coefficient (Wildman–Crippen LogP) is 5.52. The zero-order valence-corrected chi connectivity index (χ0v) is 17.4. The number of carbonyl (C=O) groups excluding carboxylic acids is 2. The standard InChI is InChI=1S/C24H30O3/c1-15(2)27-23(26)21(18-11-9-8-10-12-18)22(25)20-16(3)13-19(14-17(20)4)24(5,6)7/h8-15,21H,1-7H3. The second-order valence-corrected chi connectivity index (χ2v) is 8.43. The molecule has 2 aromatic rings. The van der Waals surface area contributed by atoms with Crippen LogP contribution in [0, 0.1) is 13.8 Å². The van der Waals surface area contributed by atoms with Gasteiger partial charge in [-0.2, -0.15) is 0 Å². The van der Waals surface area contributed by atoms with Gasteiger partial charge in [-0.15, -0.1) is 0 Å². The summed E-state index contributed by atoms with van der Waals surface area (Å²) in [6, 6.07) is 13.2. The smallest absolute Gasteiger partial charge is 0.321 e. The zero-order chi connectivity index (χ0) is 20.4. The molecule has 0 amide bonds. The van der Waals surface area contributed by atoms with Gasteiger partial charge in [-0.1, -0.05) is 63.2 Å². The van der Waals surface area contributed by atoms with Crippen molar-refractivity contribution in [2.45, 2.75) is 65.9 Å². The van der Waals surface area contributed by atoms with Gasteiger partial charge in [-0.3, -0.25) is 9.59 Å². The Labute approximate surface area is 162 Å². The minimum Gasteiger partial charge on any atom is -0.462 e. The summed E-state index contributed by atoms with van der Waals surface area (Å²) in [7, 11) is 0. The summed E-state index contributed by atoms with van der Waals surface area (Å²) >= 11 is 0. The van der Waals surface area contributed by atoms with Crippen LogP contribution in [0.3, 0.4) is 0 Å². The monoisotopic (exact) mass is 366 g/mol. The van der Waals surface area contributed by atoms with Gasteiger partial charge >= 0.3 is 5.97 Å². The fourth-order valence-electron chi connectivity index (χ4n) is 3.27. The maximum Gasteiger partial charge on any atom is 0.321 e. The molecule has 0 saturated heterocycles. The van der Waals surface area contributed by atoms with Crippen molar-refractivity contribution in [3.8, 4) is 0 Å². The van der Waals surface area contributed by atoms with Crippen molar-refractivity contribution in [2.75, 3.05) is 0 Å². The Morgan fingerprint density at radius 2 is 1.44 bits per heavy atom. The maximum atomic E-state index is 13.5. The first-order valence-corrected chi connectivity index (χ1v) is 9.43. The van der Waals surface area contributed by atoms with Crippen LogP contribution in [0.1, 0.15) is 73.1 Å². The van der Waals surface area contributed by atoms with Crippen LogP contribution in [-0.2, 0) is 14.9 Å². The second-order valence-electron chi connectivity index (χ2n) is 8.43. The highest BCUT2D eigenvalue weighted by Crippen LogP contribution is 2.31. The minimum atomic E-state index is -0.952. The van der Waals surface area contributed by atoms with E-state index in [9.17, 15) is 9.59 Å². The third-order valence-electron chi connectivity index (χ3n) is 4.63. The molecular formula is C24H30O3. The summed E-state index contributed by atoms with van der Waals surface area (Å²) in [6.45, 7) is 13.9. The summed E-state index contributed by atoms with van der Waals surface area (Å²) in [5.41, 5.74) is 4.22. The lowest BCUT2D eigenvalue weighted by Gasteiger charge is -2.24. The Morgan fingerprint density at radius 1 is 0.926 bits per heavy atom. The lowest BCUT2D eigenvalue weighted by atomic mass is 9.81. The largest absolute Gasteiger partial charge is 0.462 e. The fourth-order valence-corrected chi connectivity index (χ4v) is 3.27. The van der Waals surface area contributed by atoms with Crippen LogP contribution >= 0.6 is 0 Å². The molecule has 0 saturated carbocycles. The number of esters is 1. The average molecular weight is 367 g/mol.